The van der Waals surface area contributed by atoms with Gasteiger partial charge in [-0.05, 0) is 75.4 Å². The number of carbonyl (C=O) groups is 2. The predicted molar refractivity (Wildman–Crippen MR) is 106 cm³/mol. The Balaban J connectivity index is 0.000000527. The van der Waals surface area contributed by atoms with Crippen LogP contribution in [-0.4, -0.2) is 53.3 Å². The highest BCUT2D eigenvalue weighted by Crippen LogP contribution is 2.24. The Bertz CT molecular complexity index is 582. The zero-order valence-electron chi connectivity index (χ0n) is 16.7. The molecule has 0 radical (unpaired) electrons. The summed E-state index contributed by atoms with van der Waals surface area (Å²) in [6.45, 7) is 11.3. The first-order valence-electron chi connectivity index (χ1n) is 9.73. The van der Waals surface area contributed by atoms with Crippen molar-refractivity contribution in [1.29, 1.82) is 0 Å². The molecule has 2 N–H and O–H groups in total. The number of carboxylic acid groups (broad SMARTS) is 2. The molecule has 0 atom stereocenters. The van der Waals surface area contributed by atoms with Gasteiger partial charge in [-0.15, -0.1) is 0 Å². The minimum Gasteiger partial charge on any atom is -0.493 e. The Morgan fingerprint density at radius 3 is 2.26 bits per heavy atom. The number of rotatable bonds is 7. The molecule has 0 bridgehead atoms. The van der Waals surface area contributed by atoms with Crippen molar-refractivity contribution in [3.63, 3.8) is 0 Å². The average molecular weight is 379 g/mol. The molecule has 6 heteroatoms. The number of ether oxygens (including phenoxy) is 1. The third kappa shape index (κ3) is 9.43. The van der Waals surface area contributed by atoms with Crippen LogP contribution in [0.25, 0.3) is 0 Å². The Morgan fingerprint density at radius 1 is 1.07 bits per heavy atom. The van der Waals surface area contributed by atoms with Crippen LogP contribution >= 0.6 is 0 Å². The van der Waals surface area contributed by atoms with Gasteiger partial charge in [0.25, 0.3) is 0 Å². The molecule has 1 aliphatic rings. The molecule has 2 rings (SSSR count). The number of likely N-dealkylation sites (tertiary alicyclic amines) is 1. The van der Waals surface area contributed by atoms with E-state index in [1.165, 1.54) is 56.4 Å². The molecule has 0 unspecified atom stereocenters. The maximum absolute atomic E-state index is 9.10. The summed E-state index contributed by atoms with van der Waals surface area (Å²) in [7, 11) is 0. The molecule has 0 amide bonds. The van der Waals surface area contributed by atoms with Crippen LogP contribution < -0.4 is 4.74 Å². The standard InChI is InChI=1S/C19H31NO.C2H2O4/c1-16(2)18-10-9-17(3)19(15-18)21-14-8-7-13-20-11-5-4-6-12-20;3-1(4)2(5)6/h9-10,15-16H,4-8,11-14H2,1-3H3;(H,3,4)(H,5,6). The number of benzene rings is 1. The van der Waals surface area contributed by atoms with Crippen LogP contribution in [0.5, 0.6) is 5.75 Å². The van der Waals surface area contributed by atoms with Gasteiger partial charge in [-0.2, -0.15) is 0 Å². The van der Waals surface area contributed by atoms with Crippen molar-refractivity contribution in [3.8, 4) is 5.75 Å². The minimum absolute atomic E-state index is 0.562. The number of carboxylic acids is 2. The van der Waals surface area contributed by atoms with E-state index in [4.69, 9.17) is 24.5 Å². The van der Waals surface area contributed by atoms with Gasteiger partial charge in [0.1, 0.15) is 5.75 Å². The van der Waals surface area contributed by atoms with E-state index in [2.05, 4.69) is 43.9 Å². The van der Waals surface area contributed by atoms with E-state index in [0.29, 0.717) is 5.92 Å². The van der Waals surface area contributed by atoms with Crippen LogP contribution in [0.4, 0.5) is 0 Å². The van der Waals surface area contributed by atoms with Crippen LogP contribution in [0.2, 0.25) is 0 Å². The van der Waals surface area contributed by atoms with Crippen molar-refractivity contribution in [2.45, 2.75) is 58.8 Å². The lowest BCUT2D eigenvalue weighted by Crippen LogP contribution is -2.30. The molecule has 1 fully saturated rings. The highest BCUT2D eigenvalue weighted by molar-refractivity contribution is 6.27. The van der Waals surface area contributed by atoms with Crippen molar-refractivity contribution < 1.29 is 24.5 Å². The lowest BCUT2D eigenvalue weighted by molar-refractivity contribution is -0.159. The summed E-state index contributed by atoms with van der Waals surface area (Å²) in [5.41, 5.74) is 2.61. The summed E-state index contributed by atoms with van der Waals surface area (Å²) in [6.07, 6.45) is 6.60. The highest BCUT2D eigenvalue weighted by atomic mass is 16.5. The third-order valence-electron chi connectivity index (χ3n) is 4.64. The Hall–Kier alpha value is -2.08. The van der Waals surface area contributed by atoms with E-state index in [-0.39, 0.29) is 0 Å². The summed E-state index contributed by atoms with van der Waals surface area (Å²) in [6, 6.07) is 6.60. The first-order chi connectivity index (χ1) is 12.8. The van der Waals surface area contributed by atoms with Crippen LogP contribution in [0.3, 0.4) is 0 Å². The first kappa shape index (κ1) is 23.0. The predicted octanol–water partition coefficient (Wildman–Crippen LogP) is 3.92. The number of aryl methyl sites for hydroxylation is 1. The summed E-state index contributed by atoms with van der Waals surface area (Å²) in [5, 5.41) is 14.8. The van der Waals surface area contributed by atoms with Gasteiger partial charge < -0.3 is 19.8 Å². The maximum atomic E-state index is 9.10. The second-order valence-corrected chi connectivity index (χ2v) is 7.25. The SMILES string of the molecule is Cc1ccc(C(C)C)cc1OCCCCN1CCCCC1.O=C(O)C(=O)O. The Morgan fingerprint density at radius 2 is 1.70 bits per heavy atom. The topological polar surface area (TPSA) is 87.1 Å². The second kappa shape index (κ2) is 12.3. The Labute approximate surface area is 162 Å². The Kier molecular flexibility index (Phi) is 10.5. The van der Waals surface area contributed by atoms with Gasteiger partial charge >= 0.3 is 11.9 Å². The summed E-state index contributed by atoms with van der Waals surface area (Å²) in [4.78, 5) is 20.8. The molecule has 1 aromatic rings. The number of unbranched alkanes of at least 4 members (excludes halogenated alkanes) is 1. The molecule has 0 saturated carbocycles. The second-order valence-electron chi connectivity index (χ2n) is 7.25. The van der Waals surface area contributed by atoms with E-state index in [0.717, 1.165) is 18.8 Å². The van der Waals surface area contributed by atoms with Crippen LogP contribution in [0, 0.1) is 6.92 Å². The number of nitrogens with zero attached hydrogens (tertiary/aromatic N) is 1. The lowest BCUT2D eigenvalue weighted by Gasteiger charge is -2.26. The number of aliphatic carboxylic acids is 2. The van der Waals surface area contributed by atoms with Crippen molar-refractivity contribution in [1.82, 2.24) is 4.90 Å². The van der Waals surface area contributed by atoms with E-state index < -0.39 is 11.9 Å². The van der Waals surface area contributed by atoms with Gasteiger partial charge in [0.2, 0.25) is 0 Å². The summed E-state index contributed by atoms with van der Waals surface area (Å²) < 4.78 is 6.00. The molecule has 0 aliphatic carbocycles. The fraction of sp³-hybridized carbons (Fsp3) is 0.619. The van der Waals surface area contributed by atoms with Crippen LogP contribution in [0.1, 0.15) is 63.0 Å². The summed E-state index contributed by atoms with van der Waals surface area (Å²) in [5.74, 6) is -2.02. The lowest BCUT2D eigenvalue weighted by atomic mass is 10.0. The largest absolute Gasteiger partial charge is 0.493 e. The molecule has 6 nitrogen and oxygen atoms in total. The van der Waals surface area contributed by atoms with Crippen molar-refractivity contribution in [2.75, 3.05) is 26.2 Å². The molecule has 1 saturated heterocycles. The van der Waals surface area contributed by atoms with Crippen molar-refractivity contribution >= 4 is 11.9 Å². The van der Waals surface area contributed by atoms with Gasteiger partial charge in [0.15, 0.2) is 0 Å². The maximum Gasteiger partial charge on any atom is 0.414 e. The quantitative estimate of drug-likeness (QED) is 0.551. The van der Waals surface area contributed by atoms with E-state index >= 15 is 0 Å². The summed E-state index contributed by atoms with van der Waals surface area (Å²) >= 11 is 0. The molecule has 0 spiro atoms. The molecular formula is C21H33NO5. The fourth-order valence-corrected chi connectivity index (χ4v) is 2.93. The normalized spacial score (nSPS) is 14.4. The van der Waals surface area contributed by atoms with Crippen molar-refractivity contribution in [3.05, 3.63) is 29.3 Å². The highest BCUT2D eigenvalue weighted by Gasteiger charge is 2.09. The van der Waals surface area contributed by atoms with Gasteiger partial charge in [-0.3, -0.25) is 0 Å². The molecule has 152 valence electrons. The minimum atomic E-state index is -1.82. The smallest absolute Gasteiger partial charge is 0.414 e. The van der Waals surface area contributed by atoms with Gasteiger partial charge in [0.05, 0.1) is 6.61 Å². The zero-order chi connectivity index (χ0) is 20.2. The van der Waals surface area contributed by atoms with Gasteiger partial charge in [-0.25, -0.2) is 9.59 Å². The van der Waals surface area contributed by atoms with Gasteiger partial charge in [-0.1, -0.05) is 32.4 Å². The van der Waals surface area contributed by atoms with Crippen LogP contribution in [-0.2, 0) is 9.59 Å². The molecule has 1 heterocycles. The van der Waals surface area contributed by atoms with E-state index in [1.54, 1.807) is 0 Å². The average Bonchev–Trinajstić information content (AvgIpc) is 2.64. The number of piperidine rings is 1. The molecule has 0 aromatic heterocycles. The number of hydrogen-bond donors (Lipinski definition) is 2. The first-order valence-corrected chi connectivity index (χ1v) is 9.73. The third-order valence-corrected chi connectivity index (χ3v) is 4.64. The monoisotopic (exact) mass is 379 g/mol. The van der Waals surface area contributed by atoms with Gasteiger partial charge in [0, 0.05) is 0 Å². The molecule has 27 heavy (non-hydrogen) atoms. The van der Waals surface area contributed by atoms with Crippen LogP contribution in [0.15, 0.2) is 18.2 Å². The van der Waals surface area contributed by atoms with E-state index in [1.807, 2.05) is 0 Å². The molecule has 1 aliphatic heterocycles. The van der Waals surface area contributed by atoms with E-state index in [9.17, 15) is 0 Å². The fourth-order valence-electron chi connectivity index (χ4n) is 2.93. The number of hydrogen-bond acceptors (Lipinski definition) is 4. The zero-order valence-corrected chi connectivity index (χ0v) is 16.7. The van der Waals surface area contributed by atoms with Crippen molar-refractivity contribution in [2.24, 2.45) is 0 Å². The molecule has 1 aromatic carbocycles. The molecular weight excluding hydrogens is 346 g/mol.